The maximum absolute atomic E-state index is 10.2. The van der Waals surface area contributed by atoms with E-state index < -0.39 is 14.0 Å². The summed E-state index contributed by atoms with van der Waals surface area (Å²) in [6.45, 7) is 0.152. The highest BCUT2D eigenvalue weighted by molar-refractivity contribution is 7.46. The molecule has 0 heterocycles. The highest BCUT2D eigenvalue weighted by Gasteiger charge is 2.12. The average Bonchev–Trinajstić information content (AvgIpc) is 2.07. The minimum Gasteiger partial charge on any atom is -0.450 e. The van der Waals surface area contributed by atoms with E-state index in [2.05, 4.69) is 9.26 Å². The van der Waals surface area contributed by atoms with Gasteiger partial charge in [0.15, 0.2) is 0 Å². The van der Waals surface area contributed by atoms with Crippen molar-refractivity contribution in [2.24, 2.45) is 0 Å². The number of phosphoric ester groups is 1. The minimum atomic E-state index is -4.34. The van der Waals surface area contributed by atoms with Gasteiger partial charge in [-0.1, -0.05) is 6.42 Å². The summed E-state index contributed by atoms with van der Waals surface area (Å²) in [5, 5.41) is 8.11. The van der Waals surface area contributed by atoms with Crippen molar-refractivity contribution in [1.29, 1.82) is 0 Å². The van der Waals surface area contributed by atoms with Gasteiger partial charge in [-0.15, -0.1) is 0 Å². The molecule has 0 aliphatic rings. The molecule has 0 aromatic rings. The van der Waals surface area contributed by atoms with Crippen LogP contribution in [0.15, 0.2) is 0 Å². The summed E-state index contributed by atoms with van der Waals surface area (Å²) < 4.78 is 18.7. The van der Waals surface area contributed by atoms with E-state index in [1.807, 2.05) is 0 Å². The van der Waals surface area contributed by atoms with Crippen LogP contribution in [-0.2, 0) is 13.8 Å². The molecule has 0 spiro atoms. The molecule has 0 saturated carbocycles. The zero-order valence-corrected chi connectivity index (χ0v) is 9.06. The van der Waals surface area contributed by atoms with Crippen LogP contribution in [0.4, 0.5) is 4.79 Å². The predicted molar refractivity (Wildman–Crippen MR) is 50.4 cm³/mol. The van der Waals surface area contributed by atoms with Crippen LogP contribution in [0.5, 0.6) is 0 Å². The molecule has 0 radical (unpaired) electrons. The monoisotopic (exact) mass is 242 g/mol. The van der Waals surface area contributed by atoms with Gasteiger partial charge in [-0.3, -0.25) is 4.52 Å². The molecule has 0 fully saturated rings. The first-order valence-corrected chi connectivity index (χ1v) is 6.00. The van der Waals surface area contributed by atoms with Crippen molar-refractivity contribution >= 4 is 14.0 Å². The molecule has 0 aromatic heterocycles. The van der Waals surface area contributed by atoms with Crippen molar-refractivity contribution in [1.82, 2.24) is 0 Å². The largest absolute Gasteiger partial charge is 0.505 e. The van der Waals surface area contributed by atoms with E-state index in [9.17, 15) is 9.36 Å². The highest BCUT2D eigenvalue weighted by Crippen LogP contribution is 2.35. The lowest BCUT2D eigenvalue weighted by atomic mass is 10.2. The van der Waals surface area contributed by atoms with Gasteiger partial charge >= 0.3 is 14.0 Å². The van der Waals surface area contributed by atoms with Crippen LogP contribution in [0.2, 0.25) is 0 Å². The fourth-order valence-electron chi connectivity index (χ4n) is 0.901. The van der Waals surface area contributed by atoms with Crippen molar-refractivity contribution in [3.8, 4) is 0 Å². The first-order chi connectivity index (χ1) is 6.92. The van der Waals surface area contributed by atoms with Crippen LogP contribution in [0.1, 0.15) is 25.7 Å². The molecule has 0 bridgehead atoms. The Morgan fingerprint density at radius 2 is 1.60 bits per heavy atom. The fraction of sp³-hybridized carbons (Fsp3) is 0.857. The Morgan fingerprint density at radius 1 is 1.07 bits per heavy atom. The van der Waals surface area contributed by atoms with Gasteiger partial charge in [-0.05, 0) is 19.3 Å². The van der Waals surface area contributed by atoms with Crippen molar-refractivity contribution in [2.75, 3.05) is 13.2 Å². The first-order valence-electron chi connectivity index (χ1n) is 4.47. The van der Waals surface area contributed by atoms with Crippen molar-refractivity contribution < 1.29 is 33.5 Å². The van der Waals surface area contributed by atoms with Crippen molar-refractivity contribution in [3.05, 3.63) is 0 Å². The molecule has 0 aliphatic heterocycles. The standard InChI is InChI=1S/C7H15O7P/c8-7(9)13-5-3-1-2-4-6-14-15(10,11)12/h1-6H2,(H,8,9)(H2,10,11,12). The van der Waals surface area contributed by atoms with Gasteiger partial charge < -0.3 is 19.6 Å². The smallest absolute Gasteiger partial charge is 0.450 e. The topological polar surface area (TPSA) is 113 Å². The summed E-state index contributed by atoms with van der Waals surface area (Å²) in [7, 11) is -4.34. The SMILES string of the molecule is O=C(O)OCCCCCCOP(=O)(O)O. The minimum absolute atomic E-state index is 0.00403. The molecule has 15 heavy (non-hydrogen) atoms. The second kappa shape index (κ2) is 7.64. The molecule has 8 heteroatoms. The van der Waals surface area contributed by atoms with Crippen LogP contribution >= 0.6 is 7.82 Å². The summed E-state index contributed by atoms with van der Waals surface area (Å²) in [5.74, 6) is 0. The molecule has 0 aromatic carbocycles. The Bertz CT molecular complexity index is 223. The van der Waals surface area contributed by atoms with E-state index in [1.165, 1.54) is 0 Å². The average molecular weight is 242 g/mol. The van der Waals surface area contributed by atoms with Crippen LogP contribution < -0.4 is 0 Å². The molecular weight excluding hydrogens is 227 g/mol. The summed E-state index contributed by atoms with van der Waals surface area (Å²) in [6.07, 6.45) is 1.28. The number of hydrogen-bond donors (Lipinski definition) is 3. The van der Waals surface area contributed by atoms with Gasteiger partial charge in [-0.25, -0.2) is 9.36 Å². The lowest BCUT2D eigenvalue weighted by Crippen LogP contribution is -2.01. The van der Waals surface area contributed by atoms with Crippen LogP contribution in [0.3, 0.4) is 0 Å². The molecule has 0 amide bonds. The van der Waals surface area contributed by atoms with Crippen LogP contribution in [0.25, 0.3) is 0 Å². The third-order valence-corrected chi connectivity index (χ3v) is 2.04. The second-order valence-electron chi connectivity index (χ2n) is 2.85. The molecule has 0 unspecified atom stereocenters. The Morgan fingerprint density at radius 3 is 2.07 bits per heavy atom. The quantitative estimate of drug-likeness (QED) is 0.334. The van der Waals surface area contributed by atoms with Crippen LogP contribution in [0, 0.1) is 0 Å². The van der Waals surface area contributed by atoms with Crippen LogP contribution in [-0.4, -0.2) is 34.3 Å². The maximum atomic E-state index is 10.2. The zero-order chi connectivity index (χ0) is 11.7. The van der Waals surface area contributed by atoms with E-state index >= 15 is 0 Å². The van der Waals surface area contributed by atoms with E-state index in [0.29, 0.717) is 19.3 Å². The second-order valence-corrected chi connectivity index (χ2v) is 4.09. The number of unbranched alkanes of at least 4 members (excludes halogenated alkanes) is 3. The number of ether oxygens (including phenoxy) is 1. The summed E-state index contributed by atoms with van der Waals surface area (Å²) in [4.78, 5) is 26.6. The summed E-state index contributed by atoms with van der Waals surface area (Å²) >= 11 is 0. The van der Waals surface area contributed by atoms with Gasteiger partial charge in [0.05, 0.1) is 13.2 Å². The highest BCUT2D eigenvalue weighted by atomic mass is 31.2. The first kappa shape index (κ1) is 14.4. The lowest BCUT2D eigenvalue weighted by Gasteiger charge is -2.04. The molecule has 0 saturated heterocycles. The maximum Gasteiger partial charge on any atom is 0.505 e. The van der Waals surface area contributed by atoms with E-state index in [-0.39, 0.29) is 13.2 Å². The molecule has 0 atom stereocenters. The lowest BCUT2D eigenvalue weighted by molar-refractivity contribution is 0.0897. The normalized spacial score (nSPS) is 11.3. The Labute approximate surface area is 87.2 Å². The van der Waals surface area contributed by atoms with Crippen molar-refractivity contribution in [3.63, 3.8) is 0 Å². The van der Waals surface area contributed by atoms with Crippen molar-refractivity contribution in [2.45, 2.75) is 25.7 Å². The summed E-state index contributed by atoms with van der Waals surface area (Å²) in [5.41, 5.74) is 0. The third-order valence-electron chi connectivity index (χ3n) is 1.52. The predicted octanol–water partition coefficient (Wildman–Crippen LogP) is 1.35. The Hall–Kier alpha value is -0.620. The molecule has 7 nitrogen and oxygen atoms in total. The molecule has 0 aliphatic carbocycles. The number of carbonyl (C=O) groups is 1. The number of phosphoric acid groups is 1. The Balaban J connectivity index is 3.12. The van der Waals surface area contributed by atoms with E-state index in [1.54, 1.807) is 0 Å². The molecular formula is C7H15O7P. The van der Waals surface area contributed by atoms with Gasteiger partial charge in [0.2, 0.25) is 0 Å². The number of hydrogen-bond acceptors (Lipinski definition) is 4. The fourth-order valence-corrected chi connectivity index (χ4v) is 1.27. The Kier molecular flexibility index (Phi) is 7.33. The molecule has 0 rings (SSSR count). The van der Waals surface area contributed by atoms with Gasteiger partial charge in [-0.2, -0.15) is 0 Å². The zero-order valence-electron chi connectivity index (χ0n) is 8.16. The van der Waals surface area contributed by atoms with Gasteiger partial charge in [0.25, 0.3) is 0 Å². The molecule has 3 N–H and O–H groups in total. The molecule has 90 valence electrons. The van der Waals surface area contributed by atoms with Gasteiger partial charge in [0.1, 0.15) is 0 Å². The third kappa shape index (κ3) is 13.4. The van der Waals surface area contributed by atoms with E-state index in [4.69, 9.17) is 14.9 Å². The summed E-state index contributed by atoms with van der Waals surface area (Å²) in [6, 6.07) is 0. The number of carboxylic acid groups (broad SMARTS) is 1. The van der Waals surface area contributed by atoms with Gasteiger partial charge in [0, 0.05) is 0 Å². The number of rotatable bonds is 8. The van der Waals surface area contributed by atoms with E-state index in [0.717, 1.165) is 6.42 Å².